The molecule has 0 N–H and O–H groups in total. The van der Waals surface area contributed by atoms with Gasteiger partial charge in [-0.3, -0.25) is 14.4 Å². The summed E-state index contributed by atoms with van der Waals surface area (Å²) in [5.41, 5.74) is 0.594. The highest BCUT2D eigenvalue weighted by molar-refractivity contribution is 9.10. The first-order valence-corrected chi connectivity index (χ1v) is 7.21. The summed E-state index contributed by atoms with van der Waals surface area (Å²) in [6.45, 7) is 0. The van der Waals surface area contributed by atoms with Gasteiger partial charge in [-0.2, -0.15) is 0 Å². The van der Waals surface area contributed by atoms with E-state index in [0.29, 0.717) is 18.4 Å². The molecule has 0 radical (unpaired) electrons. The van der Waals surface area contributed by atoms with E-state index < -0.39 is 11.9 Å². The molecule has 20 heavy (non-hydrogen) atoms. The fourth-order valence-electron chi connectivity index (χ4n) is 2.58. The van der Waals surface area contributed by atoms with E-state index in [0.717, 1.165) is 4.47 Å². The molecule has 2 rings (SSSR count). The number of halogens is 1. The van der Waals surface area contributed by atoms with E-state index in [1.54, 1.807) is 24.3 Å². The lowest BCUT2D eigenvalue weighted by Gasteiger charge is -2.15. The molecule has 1 aromatic rings. The summed E-state index contributed by atoms with van der Waals surface area (Å²) < 4.78 is 5.56. The Morgan fingerprint density at radius 1 is 1.30 bits per heavy atom. The Balaban J connectivity index is 2.08. The van der Waals surface area contributed by atoms with Crippen LogP contribution in [0.25, 0.3) is 0 Å². The molecule has 0 aromatic heterocycles. The van der Waals surface area contributed by atoms with E-state index in [1.165, 1.54) is 7.11 Å². The number of rotatable bonds is 4. The molecular formula is C15H15BrO4. The van der Waals surface area contributed by atoms with E-state index in [2.05, 4.69) is 20.7 Å². The fraction of sp³-hybridized carbons (Fsp3) is 0.400. The number of benzene rings is 1. The zero-order valence-corrected chi connectivity index (χ0v) is 12.7. The molecule has 2 atom stereocenters. The third-order valence-corrected chi connectivity index (χ3v) is 4.18. The van der Waals surface area contributed by atoms with E-state index in [-0.39, 0.29) is 23.9 Å². The van der Waals surface area contributed by atoms with Crippen molar-refractivity contribution in [2.45, 2.75) is 19.3 Å². The zero-order valence-electron chi connectivity index (χ0n) is 11.1. The first-order valence-electron chi connectivity index (χ1n) is 6.42. The van der Waals surface area contributed by atoms with Crippen LogP contribution in [-0.2, 0) is 14.3 Å². The maximum Gasteiger partial charge on any atom is 0.316 e. The van der Waals surface area contributed by atoms with Crippen molar-refractivity contribution < 1.29 is 19.1 Å². The summed E-state index contributed by atoms with van der Waals surface area (Å²) >= 11 is 3.31. The Bertz CT molecular complexity index is 535. The molecule has 1 fully saturated rings. The Morgan fingerprint density at radius 2 is 1.95 bits per heavy atom. The van der Waals surface area contributed by atoms with E-state index in [4.69, 9.17) is 0 Å². The molecule has 0 bridgehead atoms. The van der Waals surface area contributed by atoms with Gasteiger partial charge in [0, 0.05) is 22.9 Å². The van der Waals surface area contributed by atoms with Gasteiger partial charge in [-0.05, 0) is 24.5 Å². The van der Waals surface area contributed by atoms with Gasteiger partial charge in [0.15, 0.2) is 5.78 Å². The lowest BCUT2D eigenvalue weighted by molar-refractivity contribution is -0.149. The topological polar surface area (TPSA) is 60.4 Å². The lowest BCUT2D eigenvalue weighted by Crippen LogP contribution is -2.27. The third-order valence-electron chi connectivity index (χ3n) is 3.65. The monoisotopic (exact) mass is 338 g/mol. The molecule has 106 valence electrons. The standard InChI is InChI=1S/C15H15BrO4/c1-20-15(19)14-10(4-7-12(14)17)8-13(18)9-2-5-11(16)6-3-9/h2-3,5-6,10,14H,4,7-8H2,1H3/t10-,14-/m1/s1. The predicted octanol–water partition coefficient (Wildman–Crippen LogP) is 2.79. The van der Waals surface area contributed by atoms with Gasteiger partial charge in [-0.15, -0.1) is 0 Å². The smallest absolute Gasteiger partial charge is 0.316 e. The van der Waals surface area contributed by atoms with Crippen LogP contribution in [0.3, 0.4) is 0 Å². The number of carbonyl (C=O) groups excluding carboxylic acids is 3. The molecule has 0 saturated heterocycles. The van der Waals surface area contributed by atoms with Crippen molar-refractivity contribution in [2.24, 2.45) is 11.8 Å². The van der Waals surface area contributed by atoms with Crippen molar-refractivity contribution in [1.82, 2.24) is 0 Å². The number of methoxy groups -OCH3 is 1. The lowest BCUT2D eigenvalue weighted by atomic mass is 9.89. The van der Waals surface area contributed by atoms with Gasteiger partial charge in [0.25, 0.3) is 0 Å². The van der Waals surface area contributed by atoms with Crippen molar-refractivity contribution in [3.8, 4) is 0 Å². The summed E-state index contributed by atoms with van der Waals surface area (Å²) in [5.74, 6) is -1.72. The SMILES string of the molecule is COC(=O)[C@H]1C(=O)CC[C@@H]1CC(=O)c1ccc(Br)cc1. The van der Waals surface area contributed by atoms with Gasteiger partial charge < -0.3 is 4.74 Å². The highest BCUT2D eigenvalue weighted by Crippen LogP contribution is 2.33. The molecule has 1 aromatic carbocycles. The quantitative estimate of drug-likeness (QED) is 0.481. The van der Waals surface area contributed by atoms with Crippen molar-refractivity contribution >= 4 is 33.5 Å². The predicted molar refractivity (Wildman–Crippen MR) is 76.3 cm³/mol. The Labute approximate surface area is 125 Å². The molecule has 4 nitrogen and oxygen atoms in total. The van der Waals surface area contributed by atoms with Crippen LogP contribution in [0.2, 0.25) is 0 Å². The second kappa shape index (κ2) is 6.31. The first kappa shape index (κ1) is 14.9. The van der Waals surface area contributed by atoms with E-state index >= 15 is 0 Å². The second-order valence-electron chi connectivity index (χ2n) is 4.90. The maximum atomic E-state index is 12.2. The van der Waals surface area contributed by atoms with Gasteiger partial charge >= 0.3 is 5.97 Å². The van der Waals surface area contributed by atoms with Crippen molar-refractivity contribution in [2.75, 3.05) is 7.11 Å². The number of esters is 1. The highest BCUT2D eigenvalue weighted by atomic mass is 79.9. The van der Waals surface area contributed by atoms with Gasteiger partial charge in [0.05, 0.1) is 7.11 Å². The van der Waals surface area contributed by atoms with E-state index in [1.807, 2.05) is 0 Å². The maximum absolute atomic E-state index is 12.2. The number of hydrogen-bond acceptors (Lipinski definition) is 4. The molecule has 1 saturated carbocycles. The number of ketones is 2. The van der Waals surface area contributed by atoms with Gasteiger partial charge in [-0.1, -0.05) is 28.1 Å². The second-order valence-corrected chi connectivity index (χ2v) is 5.82. The van der Waals surface area contributed by atoms with Crippen LogP contribution in [0.4, 0.5) is 0 Å². The summed E-state index contributed by atoms with van der Waals surface area (Å²) in [6, 6.07) is 7.06. The first-order chi connectivity index (χ1) is 9.52. The van der Waals surface area contributed by atoms with Gasteiger partial charge in [-0.25, -0.2) is 0 Å². The molecule has 0 aliphatic heterocycles. The van der Waals surface area contributed by atoms with Crippen molar-refractivity contribution in [3.05, 3.63) is 34.3 Å². The number of hydrogen-bond donors (Lipinski definition) is 0. The number of Topliss-reactive ketones (excluding diaryl/α,β-unsaturated/α-hetero) is 2. The Hall–Kier alpha value is -1.49. The van der Waals surface area contributed by atoms with Crippen molar-refractivity contribution in [3.63, 3.8) is 0 Å². The minimum absolute atomic E-state index is 0.0499. The third kappa shape index (κ3) is 3.15. The van der Waals surface area contributed by atoms with Crippen LogP contribution >= 0.6 is 15.9 Å². The Morgan fingerprint density at radius 3 is 2.55 bits per heavy atom. The summed E-state index contributed by atoms with van der Waals surface area (Å²) in [7, 11) is 1.27. The van der Waals surface area contributed by atoms with Crippen LogP contribution in [0.5, 0.6) is 0 Å². The molecule has 1 aliphatic carbocycles. The van der Waals surface area contributed by atoms with Crippen LogP contribution < -0.4 is 0 Å². The molecule has 5 heteroatoms. The van der Waals surface area contributed by atoms with E-state index in [9.17, 15) is 14.4 Å². The highest BCUT2D eigenvalue weighted by Gasteiger charge is 2.41. The minimum atomic E-state index is -0.778. The van der Waals surface area contributed by atoms with Crippen LogP contribution in [-0.4, -0.2) is 24.6 Å². The molecule has 1 aliphatic rings. The average molecular weight is 339 g/mol. The summed E-state index contributed by atoms with van der Waals surface area (Å²) in [5, 5.41) is 0. The summed E-state index contributed by atoms with van der Waals surface area (Å²) in [4.78, 5) is 35.6. The minimum Gasteiger partial charge on any atom is -0.468 e. The average Bonchev–Trinajstić information content (AvgIpc) is 2.79. The Kier molecular flexibility index (Phi) is 4.70. The molecule has 0 heterocycles. The van der Waals surface area contributed by atoms with Gasteiger partial charge in [0.2, 0.25) is 0 Å². The molecule has 0 spiro atoms. The molecule has 0 unspecified atom stereocenters. The van der Waals surface area contributed by atoms with Gasteiger partial charge in [0.1, 0.15) is 11.7 Å². The number of carbonyl (C=O) groups is 3. The zero-order chi connectivity index (χ0) is 14.7. The fourth-order valence-corrected chi connectivity index (χ4v) is 2.84. The van der Waals surface area contributed by atoms with Crippen LogP contribution in [0, 0.1) is 11.8 Å². The van der Waals surface area contributed by atoms with Crippen LogP contribution in [0.15, 0.2) is 28.7 Å². The molecular weight excluding hydrogens is 324 g/mol. The summed E-state index contributed by atoms with van der Waals surface area (Å²) in [6.07, 6.45) is 1.12. The number of ether oxygens (including phenoxy) is 1. The normalized spacial score (nSPS) is 21.8. The van der Waals surface area contributed by atoms with Crippen molar-refractivity contribution in [1.29, 1.82) is 0 Å². The largest absolute Gasteiger partial charge is 0.468 e. The molecule has 0 amide bonds. The van der Waals surface area contributed by atoms with Crippen LogP contribution in [0.1, 0.15) is 29.6 Å².